The average Bonchev–Trinajstić information content (AvgIpc) is 2.52. The maximum atomic E-state index is 11.7. The Morgan fingerprint density at radius 1 is 1.09 bits per heavy atom. The van der Waals surface area contributed by atoms with Gasteiger partial charge in [0.25, 0.3) is 5.91 Å². The van der Waals surface area contributed by atoms with Crippen LogP contribution in [0.5, 0.6) is 5.75 Å². The van der Waals surface area contributed by atoms with Crippen molar-refractivity contribution < 1.29 is 9.53 Å². The van der Waals surface area contributed by atoms with Gasteiger partial charge < -0.3 is 21.1 Å². The van der Waals surface area contributed by atoms with E-state index < -0.39 is 0 Å². The number of amides is 1. The van der Waals surface area contributed by atoms with Crippen molar-refractivity contribution in [3.05, 3.63) is 28.2 Å². The first-order valence-corrected chi connectivity index (χ1v) is 8.64. The molecular weight excluding hydrogens is 337 g/mol. The van der Waals surface area contributed by atoms with Crippen molar-refractivity contribution >= 4 is 29.1 Å². The number of carbonyl (C=O) groups is 1. The van der Waals surface area contributed by atoms with Crippen LogP contribution in [0.25, 0.3) is 0 Å². The molecular formula is C16H25Cl2N3O2. The van der Waals surface area contributed by atoms with Crippen molar-refractivity contribution in [2.45, 2.75) is 25.7 Å². The van der Waals surface area contributed by atoms with Crippen molar-refractivity contribution in [1.29, 1.82) is 0 Å². The highest BCUT2D eigenvalue weighted by Crippen LogP contribution is 2.27. The molecule has 0 aliphatic heterocycles. The van der Waals surface area contributed by atoms with E-state index in [1.807, 2.05) is 0 Å². The SMILES string of the molecule is NCCCCNCCCCNC(=O)COc1ccc(Cl)cc1Cl. The molecule has 0 atom stereocenters. The van der Waals surface area contributed by atoms with Crippen molar-refractivity contribution in [2.24, 2.45) is 5.73 Å². The first kappa shape index (κ1) is 20.0. The number of benzene rings is 1. The smallest absolute Gasteiger partial charge is 0.257 e. The second-order valence-electron chi connectivity index (χ2n) is 5.17. The van der Waals surface area contributed by atoms with E-state index in [0.717, 1.165) is 45.3 Å². The Balaban J connectivity index is 2.02. The second-order valence-corrected chi connectivity index (χ2v) is 6.01. The van der Waals surface area contributed by atoms with Gasteiger partial charge in [-0.2, -0.15) is 0 Å². The van der Waals surface area contributed by atoms with E-state index in [2.05, 4.69) is 10.6 Å². The summed E-state index contributed by atoms with van der Waals surface area (Å²) in [6.45, 7) is 3.29. The number of nitrogens with two attached hydrogens (primary N) is 1. The van der Waals surface area contributed by atoms with Gasteiger partial charge in [-0.15, -0.1) is 0 Å². The number of ether oxygens (including phenoxy) is 1. The predicted molar refractivity (Wildman–Crippen MR) is 95.4 cm³/mol. The quantitative estimate of drug-likeness (QED) is 0.500. The average molecular weight is 362 g/mol. The summed E-state index contributed by atoms with van der Waals surface area (Å²) >= 11 is 11.8. The van der Waals surface area contributed by atoms with Crippen molar-refractivity contribution in [3.8, 4) is 5.75 Å². The van der Waals surface area contributed by atoms with E-state index in [1.165, 1.54) is 0 Å². The summed E-state index contributed by atoms with van der Waals surface area (Å²) in [6.07, 6.45) is 4.11. The number of halogens is 2. The maximum Gasteiger partial charge on any atom is 0.257 e. The minimum Gasteiger partial charge on any atom is -0.482 e. The Kier molecular flexibility index (Phi) is 10.8. The molecule has 1 rings (SSSR count). The molecule has 1 aromatic carbocycles. The number of unbranched alkanes of at least 4 members (excludes halogenated alkanes) is 2. The number of rotatable bonds is 12. The first-order valence-electron chi connectivity index (χ1n) is 7.89. The molecule has 0 aliphatic carbocycles. The standard InChI is InChI=1S/C16H25Cl2N3O2/c17-13-5-6-15(14(18)11-13)23-12-16(22)21-10-4-3-9-20-8-2-1-7-19/h5-6,11,20H,1-4,7-10,12,19H2,(H,21,22). The molecule has 23 heavy (non-hydrogen) atoms. The van der Waals surface area contributed by atoms with Crippen molar-refractivity contribution in [2.75, 3.05) is 32.8 Å². The molecule has 130 valence electrons. The van der Waals surface area contributed by atoms with Crippen LogP contribution in [-0.2, 0) is 4.79 Å². The Morgan fingerprint density at radius 2 is 1.78 bits per heavy atom. The highest BCUT2D eigenvalue weighted by atomic mass is 35.5. The number of hydrogen-bond acceptors (Lipinski definition) is 4. The van der Waals surface area contributed by atoms with Crippen LogP contribution in [0.1, 0.15) is 25.7 Å². The van der Waals surface area contributed by atoms with Crippen LogP contribution in [0, 0.1) is 0 Å². The molecule has 0 aromatic heterocycles. The van der Waals surface area contributed by atoms with E-state index in [4.69, 9.17) is 33.7 Å². The summed E-state index contributed by atoms with van der Waals surface area (Å²) in [5.41, 5.74) is 5.42. The van der Waals surface area contributed by atoms with Gasteiger partial charge >= 0.3 is 0 Å². The van der Waals surface area contributed by atoms with Gasteiger partial charge in [-0.05, 0) is 63.5 Å². The Hall–Kier alpha value is -1.01. The van der Waals surface area contributed by atoms with Crippen LogP contribution in [0.3, 0.4) is 0 Å². The molecule has 0 saturated heterocycles. The third-order valence-corrected chi connectivity index (χ3v) is 3.69. The summed E-state index contributed by atoms with van der Waals surface area (Å²) in [4.78, 5) is 11.7. The number of nitrogens with one attached hydrogen (secondary N) is 2. The molecule has 0 radical (unpaired) electrons. The maximum absolute atomic E-state index is 11.7. The molecule has 0 heterocycles. The van der Waals surface area contributed by atoms with Gasteiger partial charge in [0.15, 0.2) is 6.61 Å². The molecule has 0 aliphatic rings. The van der Waals surface area contributed by atoms with E-state index in [0.29, 0.717) is 22.3 Å². The summed E-state index contributed by atoms with van der Waals surface area (Å²) in [6, 6.07) is 4.90. The predicted octanol–water partition coefficient (Wildman–Crippen LogP) is 2.60. The van der Waals surface area contributed by atoms with E-state index in [-0.39, 0.29) is 12.5 Å². The minimum atomic E-state index is -0.160. The summed E-state index contributed by atoms with van der Waals surface area (Å²) < 4.78 is 5.36. The Bertz CT molecular complexity index is 473. The lowest BCUT2D eigenvalue weighted by molar-refractivity contribution is -0.123. The Morgan fingerprint density at radius 3 is 2.48 bits per heavy atom. The monoisotopic (exact) mass is 361 g/mol. The van der Waals surface area contributed by atoms with E-state index >= 15 is 0 Å². The largest absolute Gasteiger partial charge is 0.482 e. The topological polar surface area (TPSA) is 76.4 Å². The molecule has 5 nitrogen and oxygen atoms in total. The fourth-order valence-electron chi connectivity index (χ4n) is 1.91. The molecule has 0 bridgehead atoms. The second kappa shape index (κ2) is 12.4. The van der Waals surface area contributed by atoms with Gasteiger partial charge in [-0.3, -0.25) is 4.79 Å². The lowest BCUT2D eigenvalue weighted by Crippen LogP contribution is -2.30. The zero-order valence-electron chi connectivity index (χ0n) is 13.2. The third kappa shape index (κ3) is 9.66. The zero-order valence-corrected chi connectivity index (χ0v) is 14.8. The summed E-state index contributed by atoms with van der Waals surface area (Å²) in [5, 5.41) is 7.09. The lowest BCUT2D eigenvalue weighted by atomic mass is 10.3. The lowest BCUT2D eigenvalue weighted by Gasteiger charge is -2.09. The van der Waals surface area contributed by atoms with Crippen LogP contribution in [-0.4, -0.2) is 38.7 Å². The number of hydrogen-bond donors (Lipinski definition) is 3. The highest BCUT2D eigenvalue weighted by Gasteiger charge is 2.06. The normalized spacial score (nSPS) is 10.6. The van der Waals surface area contributed by atoms with Gasteiger partial charge in [-0.1, -0.05) is 23.2 Å². The fourth-order valence-corrected chi connectivity index (χ4v) is 2.37. The molecule has 0 spiro atoms. The van der Waals surface area contributed by atoms with E-state index in [9.17, 15) is 4.79 Å². The first-order chi connectivity index (χ1) is 11.1. The molecule has 0 fully saturated rings. The highest BCUT2D eigenvalue weighted by molar-refractivity contribution is 6.35. The van der Waals surface area contributed by atoms with Crippen molar-refractivity contribution in [3.63, 3.8) is 0 Å². The zero-order chi connectivity index (χ0) is 16.9. The fraction of sp³-hybridized carbons (Fsp3) is 0.562. The van der Waals surface area contributed by atoms with Gasteiger partial charge in [0, 0.05) is 11.6 Å². The number of carbonyl (C=O) groups excluding carboxylic acids is 1. The molecule has 7 heteroatoms. The molecule has 1 amide bonds. The molecule has 0 saturated carbocycles. The van der Waals surface area contributed by atoms with Gasteiger partial charge in [0.05, 0.1) is 5.02 Å². The molecule has 0 unspecified atom stereocenters. The van der Waals surface area contributed by atoms with Crippen LogP contribution < -0.4 is 21.1 Å². The Labute approximate surface area is 147 Å². The van der Waals surface area contributed by atoms with E-state index in [1.54, 1.807) is 18.2 Å². The van der Waals surface area contributed by atoms with Crippen LogP contribution in [0.2, 0.25) is 10.0 Å². The molecule has 1 aromatic rings. The van der Waals surface area contributed by atoms with Crippen LogP contribution in [0.4, 0.5) is 0 Å². The minimum absolute atomic E-state index is 0.0569. The van der Waals surface area contributed by atoms with Crippen LogP contribution >= 0.6 is 23.2 Å². The van der Waals surface area contributed by atoms with Crippen molar-refractivity contribution in [1.82, 2.24) is 10.6 Å². The summed E-state index contributed by atoms with van der Waals surface area (Å²) in [5.74, 6) is 0.291. The van der Waals surface area contributed by atoms with Gasteiger partial charge in [0.2, 0.25) is 0 Å². The summed E-state index contributed by atoms with van der Waals surface area (Å²) in [7, 11) is 0. The molecule has 4 N–H and O–H groups in total. The van der Waals surface area contributed by atoms with Gasteiger partial charge in [-0.25, -0.2) is 0 Å². The van der Waals surface area contributed by atoms with Crippen LogP contribution in [0.15, 0.2) is 18.2 Å². The van der Waals surface area contributed by atoms with Gasteiger partial charge in [0.1, 0.15) is 5.75 Å². The third-order valence-electron chi connectivity index (χ3n) is 3.16.